The zero-order chi connectivity index (χ0) is 18.4. The Morgan fingerprint density at radius 2 is 1.85 bits per heavy atom. The smallest absolute Gasteiger partial charge is 0.189 e. The monoisotopic (exact) mass is 369 g/mol. The molecule has 6 nitrogen and oxygen atoms in total. The van der Waals surface area contributed by atoms with Crippen LogP contribution in [0, 0.1) is 0 Å². The Balaban J connectivity index is 1.52. The van der Waals surface area contributed by atoms with Crippen molar-refractivity contribution in [2.75, 3.05) is 38.2 Å². The van der Waals surface area contributed by atoms with Crippen LogP contribution < -0.4 is 15.1 Å². The van der Waals surface area contributed by atoms with Crippen molar-refractivity contribution in [3.05, 3.63) is 54.2 Å². The second-order valence-electron chi connectivity index (χ2n) is 6.00. The average molecular weight is 369 g/mol. The predicted molar refractivity (Wildman–Crippen MR) is 109 cm³/mol. The molecule has 3 rings (SSSR count). The number of benzene rings is 1. The fourth-order valence-electron chi connectivity index (χ4n) is 2.78. The Morgan fingerprint density at radius 3 is 2.46 bits per heavy atom. The van der Waals surface area contributed by atoms with Crippen LogP contribution in [0.2, 0.25) is 0 Å². The molecule has 0 unspecified atom stereocenters. The number of thiocarbonyl (C=S) groups is 1. The zero-order valence-corrected chi connectivity index (χ0v) is 15.9. The highest BCUT2D eigenvalue weighted by molar-refractivity contribution is 7.80. The minimum absolute atomic E-state index is 0.651. The summed E-state index contributed by atoms with van der Waals surface area (Å²) >= 11 is 5.49. The van der Waals surface area contributed by atoms with E-state index in [-0.39, 0.29) is 0 Å². The maximum absolute atomic E-state index is 5.49. The first-order valence-corrected chi connectivity index (χ1v) is 8.98. The van der Waals surface area contributed by atoms with Crippen LogP contribution in [-0.4, -0.2) is 54.0 Å². The van der Waals surface area contributed by atoms with Crippen LogP contribution in [-0.2, 0) is 0 Å². The van der Waals surface area contributed by atoms with Gasteiger partial charge in [-0.3, -0.25) is 5.43 Å². The highest BCUT2D eigenvalue weighted by Crippen LogP contribution is 2.13. The molecule has 1 aromatic heterocycles. The molecule has 7 heteroatoms. The van der Waals surface area contributed by atoms with Crippen molar-refractivity contribution in [1.82, 2.24) is 15.3 Å². The quantitative estimate of drug-likeness (QED) is 0.508. The molecule has 1 aliphatic heterocycles. The Morgan fingerprint density at radius 1 is 1.12 bits per heavy atom. The SMILES string of the molecule is COc1ccc(/C(C)=N\NC(=S)N2CCN(c3ccccn3)CC2)cc1. The molecular formula is C19H23N5OS. The van der Waals surface area contributed by atoms with E-state index < -0.39 is 0 Å². The third kappa shape index (κ3) is 4.49. The molecule has 1 aliphatic rings. The molecule has 0 atom stereocenters. The summed E-state index contributed by atoms with van der Waals surface area (Å²) in [5.74, 6) is 1.84. The van der Waals surface area contributed by atoms with Crippen molar-refractivity contribution in [2.45, 2.75) is 6.92 Å². The zero-order valence-electron chi connectivity index (χ0n) is 15.1. The summed E-state index contributed by atoms with van der Waals surface area (Å²) in [6.07, 6.45) is 1.82. The molecule has 0 radical (unpaired) electrons. The van der Waals surface area contributed by atoms with Crippen molar-refractivity contribution in [3.8, 4) is 5.75 Å². The molecule has 1 N–H and O–H groups in total. The van der Waals surface area contributed by atoms with E-state index in [1.165, 1.54) is 0 Å². The van der Waals surface area contributed by atoms with Crippen LogP contribution in [0.1, 0.15) is 12.5 Å². The van der Waals surface area contributed by atoms with E-state index in [9.17, 15) is 0 Å². The van der Waals surface area contributed by atoms with Gasteiger partial charge in [0.05, 0.1) is 12.8 Å². The molecule has 0 bridgehead atoms. The normalized spacial score (nSPS) is 14.9. The van der Waals surface area contributed by atoms with Crippen LogP contribution in [0.3, 0.4) is 0 Å². The van der Waals surface area contributed by atoms with Gasteiger partial charge in [-0.1, -0.05) is 6.07 Å². The summed E-state index contributed by atoms with van der Waals surface area (Å²) in [6.45, 7) is 5.43. The second-order valence-corrected chi connectivity index (χ2v) is 6.39. The number of rotatable bonds is 4. The lowest BCUT2D eigenvalue weighted by atomic mass is 10.1. The first-order chi connectivity index (χ1) is 12.7. The van der Waals surface area contributed by atoms with Crippen molar-refractivity contribution in [3.63, 3.8) is 0 Å². The lowest BCUT2D eigenvalue weighted by molar-refractivity contribution is 0.380. The number of hydrazone groups is 1. The first-order valence-electron chi connectivity index (χ1n) is 8.57. The minimum atomic E-state index is 0.651. The fraction of sp³-hybridized carbons (Fsp3) is 0.316. The van der Waals surface area contributed by atoms with Crippen molar-refractivity contribution >= 4 is 28.9 Å². The second kappa shape index (κ2) is 8.62. The summed E-state index contributed by atoms with van der Waals surface area (Å²) in [7, 11) is 1.66. The van der Waals surface area contributed by atoms with E-state index in [1.54, 1.807) is 7.11 Å². The van der Waals surface area contributed by atoms with Gasteiger partial charge in [0.2, 0.25) is 0 Å². The molecule has 2 heterocycles. The van der Waals surface area contributed by atoms with E-state index in [1.807, 2.05) is 55.6 Å². The van der Waals surface area contributed by atoms with Crippen LogP contribution >= 0.6 is 12.2 Å². The summed E-state index contributed by atoms with van der Waals surface area (Å²) in [5.41, 5.74) is 4.92. The van der Waals surface area contributed by atoms with Crippen LogP contribution in [0.4, 0.5) is 5.82 Å². The van der Waals surface area contributed by atoms with Gasteiger partial charge in [0.1, 0.15) is 11.6 Å². The van der Waals surface area contributed by atoms with Gasteiger partial charge in [-0.2, -0.15) is 5.10 Å². The Kier molecular flexibility index (Phi) is 6.01. The molecule has 26 heavy (non-hydrogen) atoms. The lowest BCUT2D eigenvalue weighted by Crippen LogP contribution is -2.51. The van der Waals surface area contributed by atoms with Crippen molar-refractivity contribution in [2.24, 2.45) is 5.10 Å². The molecular weight excluding hydrogens is 346 g/mol. The molecule has 1 fully saturated rings. The molecule has 0 aliphatic carbocycles. The lowest BCUT2D eigenvalue weighted by Gasteiger charge is -2.36. The predicted octanol–water partition coefficient (Wildman–Crippen LogP) is 2.51. The van der Waals surface area contributed by atoms with Gasteiger partial charge in [-0.25, -0.2) is 4.98 Å². The third-order valence-electron chi connectivity index (χ3n) is 4.37. The summed E-state index contributed by atoms with van der Waals surface area (Å²) in [5, 5.41) is 5.07. The molecule has 0 spiro atoms. The number of hydrogen-bond acceptors (Lipinski definition) is 5. The van der Waals surface area contributed by atoms with E-state index in [0.717, 1.165) is 49.0 Å². The first kappa shape index (κ1) is 18.1. The summed E-state index contributed by atoms with van der Waals surface area (Å²) in [6, 6.07) is 13.8. The topological polar surface area (TPSA) is 53.0 Å². The number of nitrogens with one attached hydrogen (secondary N) is 1. The van der Waals surface area contributed by atoms with E-state index >= 15 is 0 Å². The van der Waals surface area contributed by atoms with E-state index in [4.69, 9.17) is 17.0 Å². The van der Waals surface area contributed by atoms with Gasteiger partial charge in [0.25, 0.3) is 0 Å². The Labute approximate surface area is 159 Å². The molecule has 0 amide bonds. The molecule has 0 saturated carbocycles. The number of pyridine rings is 1. The number of piperazine rings is 1. The largest absolute Gasteiger partial charge is 0.497 e. The van der Waals surface area contributed by atoms with Gasteiger partial charge >= 0.3 is 0 Å². The van der Waals surface area contributed by atoms with Gasteiger partial charge < -0.3 is 14.5 Å². The fourth-order valence-corrected chi connectivity index (χ4v) is 3.01. The van der Waals surface area contributed by atoms with Gasteiger partial charge in [0, 0.05) is 32.4 Å². The van der Waals surface area contributed by atoms with Crippen LogP contribution in [0.15, 0.2) is 53.8 Å². The summed E-state index contributed by atoms with van der Waals surface area (Å²) in [4.78, 5) is 8.81. The minimum Gasteiger partial charge on any atom is -0.497 e. The van der Waals surface area contributed by atoms with Crippen molar-refractivity contribution < 1.29 is 4.74 Å². The highest BCUT2D eigenvalue weighted by Gasteiger charge is 2.19. The third-order valence-corrected chi connectivity index (χ3v) is 4.72. The van der Waals surface area contributed by atoms with Crippen LogP contribution in [0.5, 0.6) is 5.75 Å². The van der Waals surface area contributed by atoms with E-state index in [2.05, 4.69) is 25.3 Å². The van der Waals surface area contributed by atoms with Crippen LogP contribution in [0.25, 0.3) is 0 Å². The standard InChI is InChI=1S/C19H23N5OS/c1-15(16-6-8-17(25-2)9-7-16)21-22-19(26)24-13-11-23(12-14-24)18-5-3-4-10-20-18/h3-10H,11-14H2,1-2H3,(H,22,26)/b21-15-. The van der Waals surface area contributed by atoms with E-state index in [0.29, 0.717) is 5.11 Å². The Hall–Kier alpha value is -2.67. The van der Waals surface area contributed by atoms with Crippen molar-refractivity contribution in [1.29, 1.82) is 0 Å². The number of nitrogens with zero attached hydrogens (tertiary/aromatic N) is 4. The highest BCUT2D eigenvalue weighted by atomic mass is 32.1. The molecule has 1 aromatic carbocycles. The number of methoxy groups -OCH3 is 1. The molecule has 2 aromatic rings. The summed E-state index contributed by atoms with van der Waals surface area (Å²) < 4.78 is 5.18. The number of ether oxygens (including phenoxy) is 1. The average Bonchev–Trinajstić information content (AvgIpc) is 2.72. The van der Waals surface area contributed by atoms with Gasteiger partial charge in [0.15, 0.2) is 5.11 Å². The maximum atomic E-state index is 5.49. The molecule has 1 saturated heterocycles. The molecule has 136 valence electrons. The maximum Gasteiger partial charge on any atom is 0.189 e. The Bertz CT molecular complexity index is 755. The number of anilines is 1. The van der Waals surface area contributed by atoms with Gasteiger partial charge in [-0.05, 0) is 61.1 Å². The van der Waals surface area contributed by atoms with Gasteiger partial charge in [-0.15, -0.1) is 0 Å². The number of hydrogen-bond donors (Lipinski definition) is 1. The number of aromatic nitrogens is 1.